The number of aromatic amines is 1. The molecule has 0 saturated heterocycles. The van der Waals surface area contributed by atoms with E-state index in [1.165, 1.54) is 5.56 Å². The molecular formula is C21H22N6O. The molecule has 3 aromatic heterocycles. The largest absolute Gasteiger partial charge is 0.341 e. The summed E-state index contributed by atoms with van der Waals surface area (Å²) in [6.45, 7) is 4.11. The minimum atomic E-state index is -0.235. The fourth-order valence-corrected chi connectivity index (χ4v) is 3.20. The van der Waals surface area contributed by atoms with Crippen molar-refractivity contribution in [1.82, 2.24) is 30.1 Å². The summed E-state index contributed by atoms with van der Waals surface area (Å²) < 4.78 is 1.91. The Morgan fingerprint density at radius 1 is 1.18 bits per heavy atom. The third-order valence-corrected chi connectivity index (χ3v) is 4.70. The first-order valence-corrected chi connectivity index (χ1v) is 9.38. The second-order valence-corrected chi connectivity index (χ2v) is 6.83. The van der Waals surface area contributed by atoms with Crippen molar-refractivity contribution >= 4 is 11.6 Å². The first-order chi connectivity index (χ1) is 13.7. The average molecular weight is 374 g/mol. The van der Waals surface area contributed by atoms with E-state index in [1.807, 2.05) is 60.0 Å². The lowest BCUT2D eigenvalue weighted by Crippen LogP contribution is -2.30. The van der Waals surface area contributed by atoms with Crippen LogP contribution in [-0.2, 0) is 0 Å². The Bertz CT molecular complexity index is 1100. The lowest BCUT2D eigenvalue weighted by atomic mass is 10.1. The van der Waals surface area contributed by atoms with E-state index in [-0.39, 0.29) is 11.9 Å². The predicted octanol–water partition coefficient (Wildman–Crippen LogP) is 3.70. The van der Waals surface area contributed by atoms with Gasteiger partial charge in [0, 0.05) is 11.8 Å². The van der Waals surface area contributed by atoms with E-state index in [0.717, 1.165) is 35.6 Å². The summed E-state index contributed by atoms with van der Waals surface area (Å²) in [6.07, 6.45) is 3.58. The predicted molar refractivity (Wildman–Crippen MR) is 107 cm³/mol. The van der Waals surface area contributed by atoms with E-state index in [1.54, 1.807) is 6.07 Å². The monoisotopic (exact) mass is 374 g/mol. The number of aromatic nitrogens is 5. The summed E-state index contributed by atoms with van der Waals surface area (Å²) in [5.74, 6) is 0.515. The van der Waals surface area contributed by atoms with Crippen LogP contribution in [-0.4, -0.2) is 30.7 Å². The molecule has 0 aliphatic rings. The van der Waals surface area contributed by atoms with Gasteiger partial charge < -0.3 is 5.32 Å². The van der Waals surface area contributed by atoms with Crippen LogP contribution in [0.5, 0.6) is 0 Å². The molecular weight excluding hydrogens is 352 g/mol. The number of carbonyl (C=O) groups is 1. The van der Waals surface area contributed by atoms with Crippen LogP contribution in [0.15, 0.2) is 54.7 Å². The number of fused-ring (bicyclic) bond motifs is 1. The number of carbonyl (C=O) groups excluding carboxylic acids is 1. The maximum absolute atomic E-state index is 12.8. The molecule has 1 aromatic carbocycles. The Labute approximate surface area is 162 Å². The van der Waals surface area contributed by atoms with Crippen LogP contribution in [0.4, 0.5) is 0 Å². The molecule has 0 bridgehead atoms. The summed E-state index contributed by atoms with van der Waals surface area (Å²) in [5, 5.41) is 18.7. The molecule has 0 spiro atoms. The van der Waals surface area contributed by atoms with Crippen molar-refractivity contribution in [3.8, 4) is 11.3 Å². The van der Waals surface area contributed by atoms with E-state index < -0.39 is 0 Å². The van der Waals surface area contributed by atoms with Crippen molar-refractivity contribution in [2.24, 2.45) is 0 Å². The Balaban J connectivity index is 1.56. The molecule has 4 rings (SSSR count). The van der Waals surface area contributed by atoms with Gasteiger partial charge in [-0.3, -0.25) is 14.3 Å². The number of aryl methyl sites for hydroxylation is 1. The van der Waals surface area contributed by atoms with Crippen LogP contribution >= 0.6 is 0 Å². The first-order valence-electron chi connectivity index (χ1n) is 9.38. The van der Waals surface area contributed by atoms with Gasteiger partial charge in [0.2, 0.25) is 0 Å². The van der Waals surface area contributed by atoms with Gasteiger partial charge in [-0.05, 0) is 31.5 Å². The summed E-state index contributed by atoms with van der Waals surface area (Å²) in [7, 11) is 0. The van der Waals surface area contributed by atoms with Gasteiger partial charge in [-0.25, -0.2) is 0 Å². The minimum Gasteiger partial charge on any atom is -0.341 e. The molecule has 28 heavy (non-hydrogen) atoms. The molecule has 7 nitrogen and oxygen atoms in total. The van der Waals surface area contributed by atoms with Gasteiger partial charge in [-0.1, -0.05) is 49.2 Å². The lowest BCUT2D eigenvalue weighted by molar-refractivity contribution is 0.0927. The Morgan fingerprint density at radius 3 is 2.79 bits per heavy atom. The van der Waals surface area contributed by atoms with Crippen LogP contribution in [0.1, 0.15) is 47.7 Å². The Morgan fingerprint density at radius 2 is 2.00 bits per heavy atom. The fraction of sp³-hybridized carbons (Fsp3) is 0.238. The zero-order valence-electron chi connectivity index (χ0n) is 15.9. The number of hydrogen-bond acceptors (Lipinski definition) is 4. The van der Waals surface area contributed by atoms with E-state index >= 15 is 0 Å². The van der Waals surface area contributed by atoms with Crippen molar-refractivity contribution in [2.75, 3.05) is 0 Å². The zero-order chi connectivity index (χ0) is 19.5. The summed E-state index contributed by atoms with van der Waals surface area (Å²) in [5.41, 5.74) is 4.07. The van der Waals surface area contributed by atoms with E-state index in [9.17, 15) is 4.79 Å². The molecule has 7 heteroatoms. The molecule has 0 aliphatic heterocycles. The molecule has 1 atom stereocenters. The molecule has 4 aromatic rings. The molecule has 1 amide bonds. The van der Waals surface area contributed by atoms with E-state index in [2.05, 4.69) is 32.6 Å². The van der Waals surface area contributed by atoms with Gasteiger partial charge >= 0.3 is 0 Å². The molecule has 2 N–H and O–H groups in total. The standard InChI is InChI=1S/C21H22N6O/c1-3-6-16(20-26-25-19-7-4-5-12-27(19)20)22-21(28)18-13-17(23-24-18)15-10-8-14(2)9-11-15/h4-5,7-13,16H,3,6H2,1-2H3,(H,22,28)(H,23,24). The van der Waals surface area contributed by atoms with Gasteiger partial charge in [0.15, 0.2) is 11.5 Å². The number of hydrogen-bond donors (Lipinski definition) is 2. The third-order valence-electron chi connectivity index (χ3n) is 4.70. The Kier molecular flexibility index (Phi) is 4.89. The molecule has 0 saturated carbocycles. The van der Waals surface area contributed by atoms with E-state index in [4.69, 9.17) is 0 Å². The maximum atomic E-state index is 12.8. The quantitative estimate of drug-likeness (QED) is 0.539. The number of H-pyrrole nitrogens is 1. The number of nitrogens with one attached hydrogen (secondary N) is 2. The van der Waals surface area contributed by atoms with Crippen LogP contribution in [0, 0.1) is 6.92 Å². The lowest BCUT2D eigenvalue weighted by Gasteiger charge is -2.16. The van der Waals surface area contributed by atoms with Crippen LogP contribution in [0.25, 0.3) is 16.9 Å². The molecule has 142 valence electrons. The van der Waals surface area contributed by atoms with Crippen LogP contribution in [0.2, 0.25) is 0 Å². The number of pyridine rings is 1. The molecule has 0 fully saturated rings. The maximum Gasteiger partial charge on any atom is 0.269 e. The second kappa shape index (κ2) is 7.64. The number of benzene rings is 1. The van der Waals surface area contributed by atoms with Crippen molar-refractivity contribution in [3.63, 3.8) is 0 Å². The minimum absolute atomic E-state index is 0.211. The molecule has 0 aliphatic carbocycles. The summed E-state index contributed by atoms with van der Waals surface area (Å²) in [6, 6.07) is 15.3. The molecule has 1 unspecified atom stereocenters. The van der Waals surface area contributed by atoms with Gasteiger partial charge in [-0.15, -0.1) is 10.2 Å². The molecule has 0 radical (unpaired) electrons. The third kappa shape index (κ3) is 3.51. The van der Waals surface area contributed by atoms with Crippen molar-refractivity contribution in [1.29, 1.82) is 0 Å². The fourth-order valence-electron chi connectivity index (χ4n) is 3.20. The van der Waals surface area contributed by atoms with E-state index in [0.29, 0.717) is 5.69 Å². The zero-order valence-corrected chi connectivity index (χ0v) is 15.9. The SMILES string of the molecule is CCCC(NC(=O)c1cc(-c2ccc(C)cc2)n[nH]1)c1nnc2ccccn12. The van der Waals surface area contributed by atoms with Gasteiger partial charge in [0.05, 0.1) is 11.7 Å². The first kappa shape index (κ1) is 17.9. The number of rotatable bonds is 6. The average Bonchev–Trinajstić information content (AvgIpc) is 3.36. The highest BCUT2D eigenvalue weighted by Gasteiger charge is 2.21. The second-order valence-electron chi connectivity index (χ2n) is 6.83. The highest BCUT2D eigenvalue weighted by molar-refractivity contribution is 5.93. The summed E-state index contributed by atoms with van der Waals surface area (Å²) >= 11 is 0. The number of amides is 1. The summed E-state index contributed by atoms with van der Waals surface area (Å²) in [4.78, 5) is 12.8. The van der Waals surface area contributed by atoms with Crippen LogP contribution < -0.4 is 5.32 Å². The highest BCUT2D eigenvalue weighted by atomic mass is 16.2. The smallest absolute Gasteiger partial charge is 0.269 e. The van der Waals surface area contributed by atoms with Crippen molar-refractivity contribution < 1.29 is 4.79 Å². The Hall–Kier alpha value is -3.48. The van der Waals surface area contributed by atoms with Gasteiger partial charge in [0.1, 0.15) is 5.69 Å². The van der Waals surface area contributed by atoms with Crippen molar-refractivity contribution in [3.05, 3.63) is 71.8 Å². The normalized spacial score (nSPS) is 12.2. The topological polar surface area (TPSA) is 88.0 Å². The number of nitrogens with zero attached hydrogens (tertiary/aromatic N) is 4. The van der Waals surface area contributed by atoms with Crippen molar-refractivity contribution in [2.45, 2.75) is 32.7 Å². The van der Waals surface area contributed by atoms with Gasteiger partial charge in [0.25, 0.3) is 5.91 Å². The van der Waals surface area contributed by atoms with Gasteiger partial charge in [-0.2, -0.15) is 5.10 Å². The van der Waals surface area contributed by atoms with Crippen LogP contribution in [0.3, 0.4) is 0 Å². The highest BCUT2D eigenvalue weighted by Crippen LogP contribution is 2.21. The molecule has 3 heterocycles.